The minimum Gasteiger partial charge on any atom is -0.481 e. The molecule has 25 heavy (non-hydrogen) atoms. The standard InChI is InChI=1S/C16H12N2.C3H4O4/c1-3-7-13(8-4-1)15-16(18-12-11-17-15)14-9-5-2-6-10-14;4-2(5)1-3(6)7/h1-12H;1H2,(H,4,5)(H,6,7). The highest BCUT2D eigenvalue weighted by molar-refractivity contribution is 5.88. The van der Waals surface area contributed by atoms with E-state index >= 15 is 0 Å². The molecule has 1 heterocycles. The van der Waals surface area contributed by atoms with Gasteiger partial charge in [0.25, 0.3) is 0 Å². The molecule has 0 saturated carbocycles. The summed E-state index contributed by atoms with van der Waals surface area (Å²) in [6.45, 7) is 0. The van der Waals surface area contributed by atoms with Crippen molar-refractivity contribution in [3.63, 3.8) is 0 Å². The first-order valence-electron chi connectivity index (χ1n) is 7.43. The first-order valence-corrected chi connectivity index (χ1v) is 7.43. The number of carboxylic acid groups (broad SMARTS) is 2. The molecule has 0 radical (unpaired) electrons. The molecule has 0 fully saturated rings. The Hall–Kier alpha value is -3.54. The molecule has 1 aromatic heterocycles. The highest BCUT2D eigenvalue weighted by atomic mass is 16.4. The van der Waals surface area contributed by atoms with Crippen molar-refractivity contribution < 1.29 is 19.8 Å². The summed E-state index contributed by atoms with van der Waals surface area (Å²) in [5, 5.41) is 15.4. The van der Waals surface area contributed by atoms with Gasteiger partial charge in [-0.1, -0.05) is 60.7 Å². The smallest absolute Gasteiger partial charge is 0.314 e. The van der Waals surface area contributed by atoms with E-state index in [-0.39, 0.29) is 0 Å². The molecule has 0 spiro atoms. The highest BCUT2D eigenvalue weighted by Gasteiger charge is 2.08. The van der Waals surface area contributed by atoms with Crippen LogP contribution in [0, 0.1) is 0 Å². The van der Waals surface area contributed by atoms with Crippen LogP contribution in [0.5, 0.6) is 0 Å². The topological polar surface area (TPSA) is 100 Å². The summed E-state index contributed by atoms with van der Waals surface area (Å²) >= 11 is 0. The lowest BCUT2D eigenvalue weighted by Gasteiger charge is -2.07. The molecule has 0 unspecified atom stereocenters. The number of carbonyl (C=O) groups is 2. The van der Waals surface area contributed by atoms with Crippen LogP contribution in [0.3, 0.4) is 0 Å². The van der Waals surface area contributed by atoms with Crippen LogP contribution >= 0.6 is 0 Å². The second-order valence-corrected chi connectivity index (χ2v) is 4.95. The third-order valence-corrected chi connectivity index (χ3v) is 3.10. The van der Waals surface area contributed by atoms with Crippen molar-refractivity contribution in [1.29, 1.82) is 0 Å². The Morgan fingerprint density at radius 3 is 1.32 bits per heavy atom. The molecule has 0 bridgehead atoms. The van der Waals surface area contributed by atoms with Crippen LogP contribution in [0.4, 0.5) is 0 Å². The van der Waals surface area contributed by atoms with Gasteiger partial charge in [-0.15, -0.1) is 0 Å². The third-order valence-electron chi connectivity index (χ3n) is 3.10. The molecule has 2 N–H and O–H groups in total. The quantitative estimate of drug-likeness (QED) is 0.709. The molecule has 0 aliphatic heterocycles. The van der Waals surface area contributed by atoms with E-state index in [1.165, 1.54) is 0 Å². The molecule has 6 heteroatoms. The molecule has 0 aliphatic carbocycles. The second-order valence-electron chi connectivity index (χ2n) is 4.95. The molecule has 3 aromatic rings. The van der Waals surface area contributed by atoms with Crippen molar-refractivity contribution in [2.75, 3.05) is 0 Å². The zero-order valence-corrected chi connectivity index (χ0v) is 13.2. The summed E-state index contributed by atoms with van der Waals surface area (Å²) in [6.07, 6.45) is 2.66. The number of benzene rings is 2. The van der Waals surface area contributed by atoms with Crippen molar-refractivity contribution >= 4 is 11.9 Å². The Morgan fingerprint density at radius 2 is 1.04 bits per heavy atom. The van der Waals surface area contributed by atoms with Gasteiger partial charge in [-0.25, -0.2) is 0 Å². The van der Waals surface area contributed by atoms with E-state index < -0.39 is 18.4 Å². The molecular formula is C19H16N2O4. The second kappa shape index (κ2) is 8.93. The zero-order valence-electron chi connectivity index (χ0n) is 13.2. The molecular weight excluding hydrogens is 320 g/mol. The molecule has 0 amide bonds. The van der Waals surface area contributed by atoms with Gasteiger partial charge in [-0.3, -0.25) is 19.6 Å². The van der Waals surface area contributed by atoms with Gasteiger partial charge in [0.1, 0.15) is 6.42 Å². The fourth-order valence-electron chi connectivity index (χ4n) is 2.08. The molecule has 0 atom stereocenters. The largest absolute Gasteiger partial charge is 0.481 e. The Morgan fingerprint density at radius 1 is 0.680 bits per heavy atom. The summed E-state index contributed by atoms with van der Waals surface area (Å²) in [6, 6.07) is 20.3. The summed E-state index contributed by atoms with van der Waals surface area (Å²) in [5.41, 5.74) is 4.02. The average Bonchev–Trinajstić information content (AvgIpc) is 2.63. The number of carboxylic acids is 2. The van der Waals surface area contributed by atoms with E-state index in [1.54, 1.807) is 12.4 Å². The van der Waals surface area contributed by atoms with Crippen molar-refractivity contribution in [2.24, 2.45) is 0 Å². The maximum atomic E-state index is 9.43. The fourth-order valence-corrected chi connectivity index (χ4v) is 2.08. The van der Waals surface area contributed by atoms with E-state index in [9.17, 15) is 9.59 Å². The molecule has 2 aromatic carbocycles. The number of hydrogen-bond donors (Lipinski definition) is 2. The number of hydrogen-bond acceptors (Lipinski definition) is 4. The number of rotatable bonds is 4. The van der Waals surface area contributed by atoms with Crippen molar-refractivity contribution in [1.82, 2.24) is 9.97 Å². The molecule has 0 aliphatic rings. The predicted molar refractivity (Wildman–Crippen MR) is 92.8 cm³/mol. The van der Waals surface area contributed by atoms with Crippen LogP contribution in [0.2, 0.25) is 0 Å². The maximum Gasteiger partial charge on any atom is 0.314 e. The first kappa shape index (κ1) is 17.8. The van der Waals surface area contributed by atoms with Crippen molar-refractivity contribution in [2.45, 2.75) is 6.42 Å². The van der Waals surface area contributed by atoms with Crippen LogP contribution in [0.1, 0.15) is 6.42 Å². The van der Waals surface area contributed by atoms with Crippen LogP contribution in [-0.4, -0.2) is 32.1 Å². The van der Waals surface area contributed by atoms with E-state index in [1.807, 2.05) is 36.4 Å². The highest BCUT2D eigenvalue weighted by Crippen LogP contribution is 2.27. The number of nitrogens with zero attached hydrogens (tertiary/aromatic N) is 2. The summed E-state index contributed by atoms with van der Waals surface area (Å²) < 4.78 is 0. The zero-order chi connectivity index (χ0) is 18.1. The molecule has 6 nitrogen and oxygen atoms in total. The third kappa shape index (κ3) is 5.54. The minimum atomic E-state index is -1.31. The maximum absolute atomic E-state index is 9.43. The van der Waals surface area contributed by atoms with Gasteiger partial charge in [0.15, 0.2) is 0 Å². The Kier molecular flexibility index (Phi) is 6.36. The van der Waals surface area contributed by atoms with E-state index in [2.05, 4.69) is 34.2 Å². The monoisotopic (exact) mass is 336 g/mol. The van der Waals surface area contributed by atoms with Crippen LogP contribution in [0.25, 0.3) is 22.5 Å². The van der Waals surface area contributed by atoms with Gasteiger partial charge in [0.2, 0.25) is 0 Å². The van der Waals surface area contributed by atoms with Gasteiger partial charge >= 0.3 is 11.9 Å². The van der Waals surface area contributed by atoms with Gasteiger partial charge in [0, 0.05) is 23.5 Å². The van der Waals surface area contributed by atoms with Gasteiger partial charge in [-0.2, -0.15) is 0 Å². The van der Waals surface area contributed by atoms with Gasteiger partial charge in [-0.05, 0) is 0 Å². The fraction of sp³-hybridized carbons (Fsp3) is 0.0526. The minimum absolute atomic E-state index is 0.806. The number of aliphatic carboxylic acids is 2. The van der Waals surface area contributed by atoms with Crippen LogP contribution in [0.15, 0.2) is 73.1 Å². The van der Waals surface area contributed by atoms with Crippen LogP contribution in [-0.2, 0) is 9.59 Å². The molecule has 126 valence electrons. The van der Waals surface area contributed by atoms with Gasteiger partial charge in [0.05, 0.1) is 11.4 Å². The Labute approximate surface area is 144 Å². The normalized spacial score (nSPS) is 9.60. The Bertz CT molecular complexity index is 766. The van der Waals surface area contributed by atoms with E-state index in [4.69, 9.17) is 10.2 Å². The molecule has 3 rings (SSSR count). The van der Waals surface area contributed by atoms with E-state index in [0.717, 1.165) is 22.5 Å². The lowest BCUT2D eigenvalue weighted by atomic mass is 10.0. The van der Waals surface area contributed by atoms with Crippen molar-refractivity contribution in [3.8, 4) is 22.5 Å². The molecule has 0 saturated heterocycles. The summed E-state index contributed by atoms with van der Waals surface area (Å²) in [5.74, 6) is -2.62. The predicted octanol–water partition coefficient (Wildman–Crippen LogP) is 3.36. The summed E-state index contributed by atoms with van der Waals surface area (Å²) in [4.78, 5) is 27.8. The SMILES string of the molecule is O=C(O)CC(=O)O.c1ccc(-c2nccnc2-c2ccccc2)cc1. The van der Waals surface area contributed by atoms with Gasteiger partial charge < -0.3 is 10.2 Å². The summed E-state index contributed by atoms with van der Waals surface area (Å²) in [7, 11) is 0. The lowest BCUT2D eigenvalue weighted by Crippen LogP contribution is -2.03. The van der Waals surface area contributed by atoms with E-state index in [0.29, 0.717) is 0 Å². The average molecular weight is 336 g/mol. The lowest BCUT2D eigenvalue weighted by molar-refractivity contribution is -0.147. The first-order chi connectivity index (χ1) is 12.1. The van der Waals surface area contributed by atoms with Crippen LogP contribution < -0.4 is 0 Å². The number of aromatic nitrogens is 2. The van der Waals surface area contributed by atoms with Crippen molar-refractivity contribution in [3.05, 3.63) is 73.1 Å². The Balaban J connectivity index is 0.000000277.